The number of hydrogen-bond donors (Lipinski definition) is 0. The molecule has 0 aromatic heterocycles. The van der Waals surface area contributed by atoms with E-state index in [0.29, 0.717) is 0 Å². The van der Waals surface area contributed by atoms with Crippen molar-refractivity contribution in [3.63, 3.8) is 0 Å². The second-order valence-electron chi connectivity index (χ2n) is 3.48. The van der Waals surface area contributed by atoms with Gasteiger partial charge >= 0.3 is 5.97 Å². The Hall–Kier alpha value is -0.530. The zero-order chi connectivity index (χ0) is 8.27. The van der Waals surface area contributed by atoms with Crippen LogP contribution in [0.5, 0.6) is 0 Å². The van der Waals surface area contributed by atoms with Crippen LogP contribution in [0.2, 0.25) is 0 Å². The van der Waals surface area contributed by atoms with Crippen LogP contribution < -0.4 is 0 Å². The highest BCUT2D eigenvalue weighted by Gasteiger charge is 2.24. The smallest absolute Gasteiger partial charge is 0.308 e. The van der Waals surface area contributed by atoms with Gasteiger partial charge in [-0.15, -0.1) is 0 Å². The van der Waals surface area contributed by atoms with Gasteiger partial charge in [0.2, 0.25) is 0 Å². The van der Waals surface area contributed by atoms with E-state index in [-0.39, 0.29) is 11.9 Å². The maximum absolute atomic E-state index is 11.1. The second kappa shape index (κ2) is 3.74. The molecule has 0 aromatic rings. The molecule has 0 saturated heterocycles. The molecule has 0 spiro atoms. The molecule has 1 aliphatic rings. The van der Waals surface area contributed by atoms with Crippen LogP contribution in [-0.2, 0) is 9.53 Å². The minimum atomic E-state index is -0.0168. The first-order chi connectivity index (χ1) is 5.24. The average molecular weight is 156 g/mol. The normalized spacial score (nSPS) is 31.5. The first kappa shape index (κ1) is 8.57. The van der Waals surface area contributed by atoms with Crippen LogP contribution >= 0.6 is 0 Å². The lowest BCUT2D eigenvalue weighted by Gasteiger charge is -2.23. The molecule has 0 heterocycles. The third-order valence-corrected chi connectivity index (χ3v) is 2.55. The molecule has 0 amide bonds. The number of hydrogen-bond acceptors (Lipinski definition) is 2. The van der Waals surface area contributed by atoms with E-state index in [1.54, 1.807) is 0 Å². The van der Waals surface area contributed by atoms with Crippen molar-refractivity contribution in [3.05, 3.63) is 0 Å². The lowest BCUT2D eigenvalue weighted by Crippen LogP contribution is -2.21. The molecule has 2 nitrogen and oxygen atoms in total. The number of carbonyl (C=O) groups excluding carboxylic acids is 1. The fraction of sp³-hybridized carbons (Fsp3) is 0.889. The Kier molecular flexibility index (Phi) is 2.92. The quantitative estimate of drug-likeness (QED) is 0.543. The maximum Gasteiger partial charge on any atom is 0.308 e. The summed E-state index contributed by atoms with van der Waals surface area (Å²) in [5, 5.41) is 0. The van der Waals surface area contributed by atoms with Gasteiger partial charge in [0, 0.05) is 0 Å². The predicted molar refractivity (Wildman–Crippen MR) is 43.1 cm³/mol. The van der Waals surface area contributed by atoms with Gasteiger partial charge in [0.05, 0.1) is 13.0 Å². The highest BCUT2D eigenvalue weighted by Crippen LogP contribution is 2.28. The molecule has 1 rings (SSSR count). The maximum atomic E-state index is 11.1. The van der Waals surface area contributed by atoms with Crippen molar-refractivity contribution in [2.45, 2.75) is 32.6 Å². The molecule has 0 unspecified atom stereocenters. The Labute approximate surface area is 67.9 Å². The van der Waals surface area contributed by atoms with Crippen LogP contribution in [0.25, 0.3) is 0 Å². The predicted octanol–water partition coefficient (Wildman–Crippen LogP) is 1.99. The van der Waals surface area contributed by atoms with Crippen LogP contribution in [0.1, 0.15) is 32.6 Å². The summed E-state index contributed by atoms with van der Waals surface area (Å²) in [5.74, 6) is 0.976. The number of esters is 1. The van der Waals surface area contributed by atoms with Crippen molar-refractivity contribution in [2.24, 2.45) is 11.8 Å². The number of ether oxygens (including phenoxy) is 1. The fourth-order valence-corrected chi connectivity index (χ4v) is 1.66. The van der Waals surface area contributed by atoms with E-state index in [0.717, 1.165) is 18.8 Å². The van der Waals surface area contributed by atoms with E-state index in [1.165, 1.54) is 20.0 Å². The molecule has 0 N–H and O–H groups in total. The van der Waals surface area contributed by atoms with Crippen LogP contribution in [0.4, 0.5) is 0 Å². The van der Waals surface area contributed by atoms with Crippen LogP contribution in [0.15, 0.2) is 0 Å². The molecule has 0 aromatic carbocycles. The van der Waals surface area contributed by atoms with Gasteiger partial charge in [0.15, 0.2) is 0 Å². The van der Waals surface area contributed by atoms with Crippen molar-refractivity contribution in [1.82, 2.24) is 0 Å². The van der Waals surface area contributed by atoms with Gasteiger partial charge in [0.25, 0.3) is 0 Å². The summed E-state index contributed by atoms with van der Waals surface area (Å²) in [5.41, 5.74) is 0. The number of rotatable bonds is 1. The van der Waals surface area contributed by atoms with Gasteiger partial charge in [0.1, 0.15) is 0 Å². The molecule has 1 fully saturated rings. The lowest BCUT2D eigenvalue weighted by atomic mass is 9.83. The van der Waals surface area contributed by atoms with Crippen LogP contribution in [0, 0.1) is 11.8 Å². The van der Waals surface area contributed by atoms with Crippen molar-refractivity contribution >= 4 is 5.97 Å². The Balaban J connectivity index is 2.33. The minimum absolute atomic E-state index is 0.0168. The summed E-state index contributed by atoms with van der Waals surface area (Å²) in [6.07, 6.45) is 4.40. The van der Waals surface area contributed by atoms with Gasteiger partial charge < -0.3 is 4.74 Å². The molecular formula is C9H16O2. The summed E-state index contributed by atoms with van der Waals surface area (Å²) < 4.78 is 4.69. The standard InChI is InChI=1S/C9H16O2/c1-7-3-5-8(6-4-7)9(10)11-2/h7-8H,3-6H2,1-2H3/t7-,8+. The highest BCUT2D eigenvalue weighted by atomic mass is 16.5. The Morgan fingerprint density at radius 2 is 1.82 bits per heavy atom. The molecular weight excluding hydrogens is 140 g/mol. The molecule has 1 aliphatic carbocycles. The average Bonchev–Trinajstić information content (AvgIpc) is 2.05. The number of methoxy groups -OCH3 is 1. The zero-order valence-electron chi connectivity index (χ0n) is 7.30. The molecule has 0 bridgehead atoms. The SMILES string of the molecule is COC(=O)[C@H]1CC[C@@H](C)CC1. The van der Waals surface area contributed by atoms with Gasteiger partial charge in [-0.2, -0.15) is 0 Å². The zero-order valence-corrected chi connectivity index (χ0v) is 7.30. The molecule has 0 atom stereocenters. The van der Waals surface area contributed by atoms with E-state index in [2.05, 4.69) is 11.7 Å². The van der Waals surface area contributed by atoms with Gasteiger partial charge in [-0.1, -0.05) is 6.92 Å². The van der Waals surface area contributed by atoms with Crippen LogP contribution in [-0.4, -0.2) is 13.1 Å². The third kappa shape index (κ3) is 2.21. The van der Waals surface area contributed by atoms with E-state index < -0.39 is 0 Å². The van der Waals surface area contributed by atoms with Crippen molar-refractivity contribution in [3.8, 4) is 0 Å². The molecule has 64 valence electrons. The van der Waals surface area contributed by atoms with E-state index in [1.807, 2.05) is 0 Å². The van der Waals surface area contributed by atoms with Crippen molar-refractivity contribution < 1.29 is 9.53 Å². The molecule has 11 heavy (non-hydrogen) atoms. The van der Waals surface area contributed by atoms with Gasteiger partial charge in [-0.05, 0) is 31.6 Å². The van der Waals surface area contributed by atoms with Gasteiger partial charge in [-0.3, -0.25) is 4.79 Å². The Morgan fingerprint density at radius 1 is 1.27 bits per heavy atom. The van der Waals surface area contributed by atoms with Crippen LogP contribution in [0.3, 0.4) is 0 Å². The van der Waals surface area contributed by atoms with E-state index >= 15 is 0 Å². The second-order valence-corrected chi connectivity index (χ2v) is 3.48. The van der Waals surface area contributed by atoms with Crippen molar-refractivity contribution in [2.75, 3.05) is 7.11 Å². The molecule has 0 aliphatic heterocycles. The van der Waals surface area contributed by atoms with E-state index in [9.17, 15) is 4.79 Å². The fourth-order valence-electron chi connectivity index (χ4n) is 1.66. The lowest BCUT2D eigenvalue weighted by molar-refractivity contribution is -0.146. The molecule has 2 heteroatoms. The number of carbonyl (C=O) groups is 1. The summed E-state index contributed by atoms with van der Waals surface area (Å²) >= 11 is 0. The first-order valence-electron chi connectivity index (χ1n) is 4.32. The Morgan fingerprint density at radius 3 is 2.27 bits per heavy atom. The van der Waals surface area contributed by atoms with Gasteiger partial charge in [-0.25, -0.2) is 0 Å². The minimum Gasteiger partial charge on any atom is -0.469 e. The highest BCUT2D eigenvalue weighted by molar-refractivity contribution is 5.72. The summed E-state index contributed by atoms with van der Waals surface area (Å²) in [6.45, 7) is 2.24. The summed E-state index contributed by atoms with van der Waals surface area (Å²) in [6, 6.07) is 0. The topological polar surface area (TPSA) is 26.3 Å². The third-order valence-electron chi connectivity index (χ3n) is 2.55. The van der Waals surface area contributed by atoms with Crippen molar-refractivity contribution in [1.29, 1.82) is 0 Å². The monoisotopic (exact) mass is 156 g/mol. The van der Waals surface area contributed by atoms with E-state index in [4.69, 9.17) is 0 Å². The summed E-state index contributed by atoms with van der Waals surface area (Å²) in [7, 11) is 1.47. The first-order valence-corrected chi connectivity index (χ1v) is 4.32. The molecule has 0 radical (unpaired) electrons. The Bertz CT molecular complexity index is 134. The largest absolute Gasteiger partial charge is 0.469 e. The summed E-state index contributed by atoms with van der Waals surface area (Å²) in [4.78, 5) is 11.1. The molecule has 1 saturated carbocycles.